The van der Waals surface area contributed by atoms with Crippen molar-refractivity contribution >= 4 is 68.4 Å². The number of hydrogen-bond donors (Lipinski definition) is 2. The van der Waals surface area contributed by atoms with E-state index in [1.807, 2.05) is 48.2 Å². The van der Waals surface area contributed by atoms with Gasteiger partial charge in [-0.05, 0) is 84.9 Å². The Morgan fingerprint density at radius 2 is 0.986 bits per heavy atom. The van der Waals surface area contributed by atoms with E-state index >= 15 is 0 Å². The lowest BCUT2D eigenvalue weighted by Gasteiger charge is -2.48. The highest BCUT2D eigenvalue weighted by Gasteiger charge is 2.37. The molecule has 0 radical (unpaired) electrons. The predicted octanol–water partition coefficient (Wildman–Crippen LogP) is 5.64. The first kappa shape index (κ1) is 47.4. The van der Waals surface area contributed by atoms with Crippen LogP contribution in [-0.4, -0.2) is 173 Å². The lowest BCUT2D eigenvalue weighted by molar-refractivity contribution is 0.00852. The maximum atomic E-state index is 13.3. The van der Waals surface area contributed by atoms with Crippen LogP contribution in [0.15, 0.2) is 121 Å². The topological polar surface area (TPSA) is 178 Å². The van der Waals surface area contributed by atoms with Crippen LogP contribution in [0.4, 0.5) is 8.78 Å². The van der Waals surface area contributed by atoms with Gasteiger partial charge in [-0.2, -0.15) is 0 Å². The van der Waals surface area contributed by atoms with E-state index in [-0.39, 0.29) is 34.9 Å². The van der Waals surface area contributed by atoms with Crippen LogP contribution < -0.4 is 5.32 Å². The van der Waals surface area contributed by atoms with Gasteiger partial charge in [0.05, 0.1) is 27.6 Å². The van der Waals surface area contributed by atoms with Gasteiger partial charge in [0.1, 0.15) is 24.3 Å². The average Bonchev–Trinajstić information content (AvgIpc) is 4.22. The third-order valence-corrected chi connectivity index (χ3v) is 14.7. The molecule has 4 aromatic heterocycles. The number of piperazine rings is 2. The molecule has 0 saturated carbocycles. The minimum absolute atomic E-state index is 0.00215. The molecule has 17 nitrogen and oxygen atoms in total. The fourth-order valence-electron chi connectivity index (χ4n) is 8.98. The first-order chi connectivity index (χ1) is 34.6. The summed E-state index contributed by atoms with van der Waals surface area (Å²) in [5.41, 5.74) is 5.33. The third-order valence-electron chi connectivity index (χ3n) is 13.2. The van der Waals surface area contributed by atoms with Gasteiger partial charge in [-0.1, -0.05) is 0 Å². The minimum atomic E-state index is -0.988. The molecule has 71 heavy (non-hydrogen) atoms. The molecule has 0 aliphatic carbocycles. The fraction of sp³-hybridized carbons (Fsp3) is 0.280. The van der Waals surface area contributed by atoms with Gasteiger partial charge in [0.25, 0.3) is 17.7 Å². The molecule has 4 aliphatic heterocycles. The highest BCUT2D eigenvalue weighted by Crippen LogP contribution is 2.25. The molecule has 3 amide bonds. The molecule has 0 unspecified atom stereocenters. The number of imidazole rings is 2. The van der Waals surface area contributed by atoms with Crippen molar-refractivity contribution in [2.45, 2.75) is 12.1 Å². The highest BCUT2D eigenvalue weighted by molar-refractivity contribution is 7.11. The second-order valence-electron chi connectivity index (χ2n) is 17.4. The van der Waals surface area contributed by atoms with Gasteiger partial charge in [0.15, 0.2) is 10.0 Å². The number of carboxylic acids is 1. The predicted molar refractivity (Wildman–Crippen MR) is 265 cm³/mol. The molecule has 0 spiro atoms. The number of aromatic nitrogens is 6. The Bertz CT molecular complexity index is 3140. The smallest absolute Gasteiger partial charge is 0.335 e. The molecular weight excluding hydrogens is 951 g/mol. The number of thiazole rings is 2. The average molecular weight is 999 g/mol. The Kier molecular flexibility index (Phi) is 14.0. The van der Waals surface area contributed by atoms with Gasteiger partial charge >= 0.3 is 5.97 Å². The summed E-state index contributed by atoms with van der Waals surface area (Å²) in [6.45, 7) is 10.2. The number of benzene rings is 4. The van der Waals surface area contributed by atoms with Gasteiger partial charge < -0.3 is 25.1 Å². The number of rotatable bonds is 8. The summed E-state index contributed by atoms with van der Waals surface area (Å²) in [5, 5.41) is 17.0. The monoisotopic (exact) mass is 998 g/mol. The van der Waals surface area contributed by atoms with Gasteiger partial charge in [-0.3, -0.25) is 33.3 Å². The van der Waals surface area contributed by atoms with E-state index in [9.17, 15) is 28.0 Å². The van der Waals surface area contributed by atoms with Crippen molar-refractivity contribution in [1.82, 2.24) is 58.9 Å². The van der Waals surface area contributed by atoms with Crippen LogP contribution in [-0.2, 0) is 0 Å². The summed E-state index contributed by atoms with van der Waals surface area (Å²) < 4.78 is 29.8. The minimum Gasteiger partial charge on any atom is -0.478 e. The van der Waals surface area contributed by atoms with Gasteiger partial charge in [0.2, 0.25) is 0 Å². The maximum Gasteiger partial charge on any atom is 0.335 e. The lowest BCUT2D eigenvalue weighted by Crippen LogP contribution is -2.64. The standard InChI is InChI=1S/C25H23FN6O2S.C14H9FN2O2.C11H16N4OS/c26-18-2-4-19(5-3-18)32-16-28-21-13-17(1-6-22(21)32)24(33)31-14-20(15-31)29-8-10-30(11-9-29)25(34)23-27-7-12-35-23;15-10-2-4-11(5-3-10)17-8-16-12-7-9(14(18)19)1-6-13(12)17;16-11(10-13-1-6-17-10)15-4-2-14(3-5-15)9-7-12-8-9/h1-7,12-13,16,20H,8-11,14-15H2;1-8H,(H,18,19);1,6,9,12H,2-5,7-8H2. The van der Waals surface area contributed by atoms with E-state index in [1.54, 1.807) is 59.9 Å². The van der Waals surface area contributed by atoms with Crippen LogP contribution in [0.2, 0.25) is 0 Å². The molecule has 4 fully saturated rings. The number of nitrogens with one attached hydrogen (secondary N) is 1. The number of carbonyl (C=O) groups excluding carboxylic acids is 3. The molecule has 4 aromatic carbocycles. The molecule has 12 rings (SSSR count). The van der Waals surface area contributed by atoms with Crippen molar-refractivity contribution < 1.29 is 33.1 Å². The second-order valence-corrected chi connectivity index (χ2v) is 19.2. The van der Waals surface area contributed by atoms with Crippen molar-refractivity contribution in [2.24, 2.45) is 0 Å². The number of fused-ring (bicyclic) bond motifs is 2. The van der Waals surface area contributed by atoms with E-state index in [1.165, 1.54) is 59.1 Å². The molecule has 2 N–H and O–H groups in total. The quantitative estimate of drug-likeness (QED) is 0.192. The lowest BCUT2D eigenvalue weighted by atomic mass is 10.0. The van der Waals surface area contributed by atoms with Crippen molar-refractivity contribution in [1.29, 1.82) is 0 Å². The number of halogens is 2. The normalized spacial score (nSPS) is 16.7. The Morgan fingerprint density at radius 1 is 0.535 bits per heavy atom. The van der Waals surface area contributed by atoms with Crippen LogP contribution in [0, 0.1) is 11.6 Å². The summed E-state index contributed by atoms with van der Waals surface area (Å²) in [6, 6.07) is 23.5. The number of carboxylic acid groups (broad SMARTS) is 1. The largest absolute Gasteiger partial charge is 0.478 e. The second kappa shape index (κ2) is 21.0. The zero-order valence-electron chi connectivity index (χ0n) is 38.3. The molecule has 0 bridgehead atoms. The molecule has 8 aromatic rings. The summed E-state index contributed by atoms with van der Waals surface area (Å²) in [4.78, 5) is 75.8. The first-order valence-electron chi connectivity index (χ1n) is 23.1. The Labute approximate surface area is 414 Å². The zero-order valence-corrected chi connectivity index (χ0v) is 39.9. The Morgan fingerprint density at radius 3 is 1.41 bits per heavy atom. The summed E-state index contributed by atoms with van der Waals surface area (Å²) in [7, 11) is 0. The zero-order chi connectivity index (χ0) is 49.0. The number of hydrogen-bond acceptors (Lipinski definition) is 13. The van der Waals surface area contributed by atoms with Crippen LogP contribution in [0.3, 0.4) is 0 Å². The van der Waals surface area contributed by atoms with Crippen LogP contribution in [0.1, 0.15) is 40.3 Å². The molecule has 0 atom stereocenters. The number of likely N-dealkylation sites (tertiary alicyclic amines) is 1. The van der Waals surface area contributed by atoms with E-state index in [2.05, 4.69) is 35.1 Å². The van der Waals surface area contributed by atoms with Gasteiger partial charge in [-0.25, -0.2) is 33.5 Å². The highest BCUT2D eigenvalue weighted by atomic mass is 32.1. The van der Waals surface area contributed by atoms with Crippen LogP contribution in [0.25, 0.3) is 33.4 Å². The third kappa shape index (κ3) is 10.4. The summed E-state index contributed by atoms with van der Waals surface area (Å²) in [6.07, 6.45) is 6.62. The fourth-order valence-corrected chi connectivity index (χ4v) is 10.2. The molecule has 21 heteroatoms. The first-order valence-corrected chi connectivity index (χ1v) is 24.9. The Balaban J connectivity index is 0.000000136. The van der Waals surface area contributed by atoms with Crippen molar-refractivity contribution in [2.75, 3.05) is 78.5 Å². The van der Waals surface area contributed by atoms with Crippen molar-refractivity contribution in [3.8, 4) is 11.4 Å². The number of nitrogens with zero attached hydrogens (tertiary/aromatic N) is 11. The summed E-state index contributed by atoms with van der Waals surface area (Å²) in [5.74, 6) is -1.49. The number of carbonyl (C=O) groups is 4. The van der Waals surface area contributed by atoms with E-state index in [4.69, 9.17) is 5.11 Å². The van der Waals surface area contributed by atoms with Gasteiger partial charge in [-0.15, -0.1) is 22.7 Å². The maximum absolute atomic E-state index is 13.3. The number of amides is 3. The molecule has 4 aliphatic rings. The Hall–Kier alpha value is -7.30. The SMILES string of the molecule is O=C(O)c1ccc2c(c1)ncn2-c1ccc(F)cc1.O=C(c1ccc2c(c1)ncn2-c1ccc(F)cc1)N1CC(N2CCN(C(=O)c3nccs3)CC2)C1.O=C(c1nccs1)N1CCN(C2CNC2)CC1. The van der Waals surface area contributed by atoms with Crippen LogP contribution >= 0.6 is 22.7 Å². The van der Waals surface area contributed by atoms with E-state index in [0.717, 1.165) is 80.3 Å². The van der Waals surface area contributed by atoms with E-state index < -0.39 is 5.97 Å². The van der Waals surface area contributed by atoms with Gasteiger partial charge in [0, 0.05) is 131 Å². The molecule has 4 saturated heterocycles. The number of aromatic carboxylic acids is 1. The molecule has 364 valence electrons. The summed E-state index contributed by atoms with van der Waals surface area (Å²) >= 11 is 2.79. The van der Waals surface area contributed by atoms with Crippen molar-refractivity contribution in [3.05, 3.63) is 154 Å². The van der Waals surface area contributed by atoms with E-state index in [0.29, 0.717) is 59.4 Å². The molecule has 8 heterocycles. The van der Waals surface area contributed by atoms with Crippen LogP contribution in [0.5, 0.6) is 0 Å². The molecular formula is C50H48F2N12O5S2. The van der Waals surface area contributed by atoms with Crippen molar-refractivity contribution in [3.63, 3.8) is 0 Å².